The van der Waals surface area contributed by atoms with E-state index < -0.39 is 24.0 Å². The summed E-state index contributed by atoms with van der Waals surface area (Å²) in [5, 5.41) is 23.7. The molecule has 4 rings (SSSR count). The second kappa shape index (κ2) is 14.6. The Morgan fingerprint density at radius 3 is 1.86 bits per heavy atom. The molecule has 11 nitrogen and oxygen atoms in total. The van der Waals surface area contributed by atoms with Crippen LogP contribution in [0.25, 0.3) is 0 Å². The highest BCUT2D eigenvalue weighted by Gasteiger charge is 2.31. The minimum atomic E-state index is -4.81. The number of benzene rings is 2. The van der Waals surface area contributed by atoms with Gasteiger partial charge in [-0.15, -0.1) is 33.6 Å². The van der Waals surface area contributed by atoms with Gasteiger partial charge in [0.15, 0.2) is 0 Å². The van der Waals surface area contributed by atoms with Gasteiger partial charge >= 0.3 is 12.3 Å². The number of carbonyl (C=O) groups is 3. The zero-order chi connectivity index (χ0) is 30.8. The van der Waals surface area contributed by atoms with E-state index in [1.54, 1.807) is 24.3 Å². The van der Waals surface area contributed by atoms with Crippen LogP contribution in [0, 0.1) is 0 Å². The zero-order valence-corrected chi connectivity index (χ0v) is 24.3. The zero-order valence-electron chi connectivity index (χ0n) is 22.6. The Kier molecular flexibility index (Phi) is 10.7. The normalized spacial score (nSPS) is 11.2. The largest absolute Gasteiger partial charge is 0.573 e. The van der Waals surface area contributed by atoms with Crippen LogP contribution in [0.5, 0.6) is 11.5 Å². The summed E-state index contributed by atoms with van der Waals surface area (Å²) in [4.78, 5) is 35.7. The molecule has 43 heavy (non-hydrogen) atoms. The van der Waals surface area contributed by atoms with E-state index in [0.29, 0.717) is 34.4 Å². The second-order valence-corrected chi connectivity index (χ2v) is 11.2. The van der Waals surface area contributed by atoms with E-state index in [1.807, 2.05) is 0 Å². The van der Waals surface area contributed by atoms with Crippen LogP contribution in [0.4, 0.5) is 23.4 Å². The summed E-state index contributed by atoms with van der Waals surface area (Å²) in [6.45, 7) is 1.31. The molecule has 0 fully saturated rings. The molecule has 0 saturated heterocycles. The third kappa shape index (κ3) is 11.1. The predicted molar refractivity (Wildman–Crippen MR) is 152 cm³/mol. The maximum absolute atomic E-state index is 12.4. The van der Waals surface area contributed by atoms with Crippen molar-refractivity contribution in [2.75, 3.05) is 10.6 Å². The Morgan fingerprint density at radius 2 is 1.33 bits per heavy atom. The molecule has 2 aromatic heterocycles. The van der Waals surface area contributed by atoms with Gasteiger partial charge in [0, 0.05) is 19.8 Å². The number of nitrogens with one attached hydrogen (secondary N) is 2. The standard InChI is InChI=1S/C27H25F3N6O5S2/c1-16(37)40-19-11-9-17(10-12-19)14-21(38)31-25-35-33-23(42-25)7-2-3-8-24-34-36-26(43-24)32-22(39)15-18-5-4-6-20(13-18)41-27(28,29)30/h4-6,9-13H,2-3,7-8,14-15H2,1H3,(H,31,35,38)(H,32,36,39). The Labute approximate surface area is 251 Å². The lowest BCUT2D eigenvalue weighted by atomic mass is 10.1. The Bertz CT molecular complexity index is 1560. The number of alkyl halides is 3. The van der Waals surface area contributed by atoms with Crippen molar-refractivity contribution in [2.24, 2.45) is 0 Å². The molecule has 0 spiro atoms. The molecule has 0 radical (unpaired) electrons. The lowest BCUT2D eigenvalue weighted by Crippen LogP contribution is -2.17. The molecule has 2 N–H and O–H groups in total. The molecule has 0 saturated carbocycles. The number of aromatic nitrogens is 4. The van der Waals surface area contributed by atoms with Gasteiger partial charge in [-0.1, -0.05) is 46.9 Å². The Morgan fingerprint density at radius 1 is 0.767 bits per heavy atom. The molecule has 2 aromatic carbocycles. The van der Waals surface area contributed by atoms with Crippen molar-refractivity contribution in [2.45, 2.75) is 51.8 Å². The number of carbonyl (C=O) groups excluding carboxylic acids is 3. The predicted octanol–water partition coefficient (Wildman–Crippen LogP) is 5.14. The summed E-state index contributed by atoms with van der Waals surface area (Å²) in [7, 11) is 0. The van der Waals surface area contributed by atoms with Gasteiger partial charge in [0.25, 0.3) is 0 Å². The molecule has 0 aliphatic carbocycles. The van der Waals surface area contributed by atoms with E-state index in [4.69, 9.17) is 4.74 Å². The first-order valence-corrected chi connectivity index (χ1v) is 14.5. The van der Waals surface area contributed by atoms with Gasteiger partial charge in [-0.3, -0.25) is 14.4 Å². The number of anilines is 2. The lowest BCUT2D eigenvalue weighted by Gasteiger charge is -2.09. The molecule has 0 atom stereocenters. The average Bonchev–Trinajstić information content (AvgIpc) is 3.55. The van der Waals surface area contributed by atoms with Gasteiger partial charge in [-0.25, -0.2) is 0 Å². The van der Waals surface area contributed by atoms with Gasteiger partial charge in [0.1, 0.15) is 21.5 Å². The number of halogens is 3. The molecule has 2 heterocycles. The summed E-state index contributed by atoms with van der Waals surface area (Å²) in [6.07, 6.45) is -1.99. The van der Waals surface area contributed by atoms with Crippen LogP contribution in [0.1, 0.15) is 40.9 Å². The first kappa shape index (κ1) is 31.5. The maximum Gasteiger partial charge on any atom is 0.573 e. The minimum Gasteiger partial charge on any atom is -0.427 e. The summed E-state index contributed by atoms with van der Waals surface area (Å²) >= 11 is 2.52. The number of aryl methyl sites for hydroxylation is 2. The van der Waals surface area contributed by atoms with Gasteiger partial charge in [0.2, 0.25) is 22.1 Å². The molecule has 0 bridgehead atoms. The van der Waals surface area contributed by atoms with Crippen molar-refractivity contribution < 1.29 is 37.0 Å². The van der Waals surface area contributed by atoms with Gasteiger partial charge in [0.05, 0.1) is 12.8 Å². The van der Waals surface area contributed by atoms with Crippen molar-refractivity contribution in [3.05, 3.63) is 69.7 Å². The number of nitrogens with zero attached hydrogens (tertiary/aromatic N) is 4. The van der Waals surface area contributed by atoms with Crippen LogP contribution in [0.2, 0.25) is 0 Å². The summed E-state index contributed by atoms with van der Waals surface area (Å²) < 4.78 is 46.1. The van der Waals surface area contributed by atoms with Crippen LogP contribution in [0.3, 0.4) is 0 Å². The second-order valence-electron chi connectivity index (χ2n) is 9.09. The van der Waals surface area contributed by atoms with Gasteiger partial charge < -0.3 is 20.1 Å². The number of amides is 2. The first-order chi connectivity index (χ1) is 20.5. The highest BCUT2D eigenvalue weighted by molar-refractivity contribution is 7.15. The summed E-state index contributed by atoms with van der Waals surface area (Å²) in [5.41, 5.74) is 1.11. The molecule has 0 aliphatic rings. The molecule has 4 aromatic rings. The van der Waals surface area contributed by atoms with E-state index in [9.17, 15) is 27.6 Å². The van der Waals surface area contributed by atoms with Crippen LogP contribution in [0.15, 0.2) is 48.5 Å². The van der Waals surface area contributed by atoms with Crippen molar-refractivity contribution in [1.82, 2.24) is 20.4 Å². The van der Waals surface area contributed by atoms with Crippen LogP contribution in [-0.2, 0) is 40.1 Å². The number of hydrogen-bond donors (Lipinski definition) is 2. The number of rotatable bonds is 13. The summed E-state index contributed by atoms with van der Waals surface area (Å²) in [6, 6.07) is 11.9. The molecule has 0 aliphatic heterocycles. The molecule has 0 unspecified atom stereocenters. The lowest BCUT2D eigenvalue weighted by molar-refractivity contribution is -0.274. The number of ether oxygens (including phenoxy) is 2. The molecular weight excluding hydrogens is 609 g/mol. The monoisotopic (exact) mass is 634 g/mol. The molecule has 2 amide bonds. The van der Waals surface area contributed by atoms with Crippen LogP contribution in [-0.4, -0.2) is 44.5 Å². The fraction of sp³-hybridized carbons (Fsp3) is 0.296. The fourth-order valence-electron chi connectivity index (χ4n) is 3.75. The van der Waals surface area contributed by atoms with Gasteiger partial charge in [-0.05, 0) is 48.2 Å². The Hall–Kier alpha value is -4.44. The first-order valence-electron chi connectivity index (χ1n) is 12.9. The number of hydrogen-bond acceptors (Lipinski definition) is 11. The third-order valence-electron chi connectivity index (χ3n) is 5.50. The van der Waals surface area contributed by atoms with E-state index in [0.717, 1.165) is 40.6 Å². The highest BCUT2D eigenvalue weighted by atomic mass is 32.1. The van der Waals surface area contributed by atoms with Crippen molar-refractivity contribution in [3.8, 4) is 11.5 Å². The average molecular weight is 635 g/mol. The smallest absolute Gasteiger partial charge is 0.427 e. The van der Waals surface area contributed by atoms with Crippen molar-refractivity contribution in [3.63, 3.8) is 0 Å². The van der Waals surface area contributed by atoms with E-state index in [1.165, 1.54) is 41.7 Å². The molecule has 16 heteroatoms. The molecular formula is C27H25F3N6O5S2. The van der Waals surface area contributed by atoms with Crippen LogP contribution >= 0.6 is 22.7 Å². The van der Waals surface area contributed by atoms with E-state index >= 15 is 0 Å². The SMILES string of the molecule is CC(=O)Oc1ccc(CC(=O)Nc2nnc(CCCCc3nnc(NC(=O)Cc4cccc(OC(F)(F)F)c4)s3)s2)cc1. The highest BCUT2D eigenvalue weighted by Crippen LogP contribution is 2.24. The topological polar surface area (TPSA) is 145 Å². The van der Waals surface area contributed by atoms with Crippen molar-refractivity contribution >= 4 is 50.7 Å². The molecule has 226 valence electrons. The third-order valence-corrected chi connectivity index (χ3v) is 7.30. The van der Waals surface area contributed by atoms with Gasteiger partial charge in [-0.2, -0.15) is 0 Å². The summed E-state index contributed by atoms with van der Waals surface area (Å²) in [5.74, 6) is -1.09. The maximum atomic E-state index is 12.4. The fourth-order valence-corrected chi connectivity index (χ4v) is 5.35. The van der Waals surface area contributed by atoms with E-state index in [-0.39, 0.29) is 18.7 Å². The van der Waals surface area contributed by atoms with Crippen LogP contribution < -0.4 is 20.1 Å². The van der Waals surface area contributed by atoms with Crippen molar-refractivity contribution in [1.29, 1.82) is 0 Å². The Balaban J connectivity index is 1.15. The number of esters is 1. The number of unbranched alkanes of at least 4 members (excludes halogenated alkanes) is 1. The van der Waals surface area contributed by atoms with E-state index in [2.05, 4.69) is 35.8 Å². The quantitative estimate of drug-likeness (QED) is 0.116. The minimum absolute atomic E-state index is 0.129.